The number of nitrogens with one attached hydrogen (secondary N) is 1. The fourth-order valence-corrected chi connectivity index (χ4v) is 6.10. The first-order valence-corrected chi connectivity index (χ1v) is 13.6. The molecular weight excluding hydrogens is 430 g/mol. The van der Waals surface area contributed by atoms with E-state index in [-0.39, 0.29) is 0 Å². The molecule has 0 spiro atoms. The van der Waals surface area contributed by atoms with Crippen molar-refractivity contribution in [2.45, 2.75) is 44.1 Å². The van der Waals surface area contributed by atoms with Crippen molar-refractivity contribution in [3.8, 4) is 0 Å². The molecule has 1 fully saturated rings. The smallest absolute Gasteiger partial charge is 0.0337 e. The lowest BCUT2D eigenvalue weighted by Crippen LogP contribution is -2.16. The van der Waals surface area contributed by atoms with Gasteiger partial charge in [0.2, 0.25) is 0 Å². The number of rotatable bonds is 3. The quantitative estimate of drug-likeness (QED) is 0.309. The molecule has 2 unspecified atom stereocenters. The Morgan fingerprint density at radius 2 is 1.56 bits per heavy atom. The normalized spacial score (nSPS) is 20.8. The highest BCUT2D eigenvalue weighted by atomic mass is 32.2. The number of fused-ring (bicyclic) bond motifs is 5. The van der Waals surface area contributed by atoms with Crippen LogP contribution in [0.5, 0.6) is 0 Å². The monoisotopic (exact) mass is 461 g/mol. The second-order valence-corrected chi connectivity index (χ2v) is 10.5. The van der Waals surface area contributed by atoms with Crippen molar-refractivity contribution in [3.05, 3.63) is 119 Å². The second-order valence-electron chi connectivity index (χ2n) is 9.59. The Kier molecular flexibility index (Phi) is 6.16. The second kappa shape index (κ2) is 9.72. The van der Waals surface area contributed by atoms with Gasteiger partial charge in [0.05, 0.1) is 0 Å². The zero-order chi connectivity index (χ0) is 22.7. The standard InChI is InChI=1S/C18H16.C14H15NS/c1-3-7-15-13(5-1)9-11-18-16-8-4-2-6-14(16)10-12-17(15)18;1-2-4-11(5-3-1)13-10-14(13)15-12-6-8-16-9-7-12/h1,3,5,7,9-12H,2,4,6,8H2;1-8,13-15H,9-10H2. The number of benzene rings is 4. The van der Waals surface area contributed by atoms with Crippen LogP contribution in [0.3, 0.4) is 0 Å². The maximum atomic E-state index is 3.60. The molecule has 2 aliphatic carbocycles. The van der Waals surface area contributed by atoms with Crippen molar-refractivity contribution < 1.29 is 0 Å². The lowest BCUT2D eigenvalue weighted by atomic mass is 9.86. The summed E-state index contributed by atoms with van der Waals surface area (Å²) in [4.78, 5) is 0. The van der Waals surface area contributed by atoms with Crippen LogP contribution in [0.4, 0.5) is 0 Å². The molecule has 0 saturated heterocycles. The third-order valence-corrected chi connectivity index (χ3v) is 8.06. The van der Waals surface area contributed by atoms with Crippen LogP contribution in [0.15, 0.2) is 102 Å². The van der Waals surface area contributed by atoms with Gasteiger partial charge >= 0.3 is 0 Å². The summed E-state index contributed by atoms with van der Waals surface area (Å²) in [6.45, 7) is 0. The first-order chi connectivity index (χ1) is 16.9. The summed E-state index contributed by atoms with van der Waals surface area (Å²) in [5.41, 5.74) is 5.94. The van der Waals surface area contributed by atoms with Crippen LogP contribution >= 0.6 is 11.8 Å². The van der Waals surface area contributed by atoms with Crippen LogP contribution in [0.1, 0.15) is 41.9 Å². The molecule has 7 rings (SSSR count). The van der Waals surface area contributed by atoms with Gasteiger partial charge in [0.15, 0.2) is 0 Å². The molecule has 3 aliphatic rings. The molecule has 1 nitrogen and oxygen atoms in total. The van der Waals surface area contributed by atoms with Gasteiger partial charge in [-0.1, -0.05) is 84.9 Å². The van der Waals surface area contributed by atoms with Gasteiger partial charge in [-0.15, -0.1) is 11.8 Å². The number of aryl methyl sites for hydroxylation is 2. The third kappa shape index (κ3) is 4.52. The number of hydrogen-bond donors (Lipinski definition) is 1. The van der Waals surface area contributed by atoms with Gasteiger partial charge in [-0.25, -0.2) is 0 Å². The molecule has 2 heteroatoms. The molecule has 1 saturated carbocycles. The fraction of sp³-hybridized carbons (Fsp3) is 0.250. The highest BCUT2D eigenvalue weighted by molar-refractivity contribution is 8.02. The van der Waals surface area contributed by atoms with E-state index in [0.717, 1.165) is 5.75 Å². The van der Waals surface area contributed by atoms with Crippen LogP contribution in [0, 0.1) is 0 Å². The van der Waals surface area contributed by atoms with Gasteiger partial charge in [-0.2, -0.15) is 0 Å². The van der Waals surface area contributed by atoms with Crippen molar-refractivity contribution in [2.24, 2.45) is 0 Å². The van der Waals surface area contributed by atoms with E-state index >= 15 is 0 Å². The van der Waals surface area contributed by atoms with Crippen LogP contribution in [-0.4, -0.2) is 11.8 Å². The van der Waals surface area contributed by atoms with Gasteiger partial charge in [0.25, 0.3) is 0 Å². The zero-order valence-corrected chi connectivity index (χ0v) is 20.4. The first kappa shape index (κ1) is 21.6. The van der Waals surface area contributed by atoms with Crippen LogP contribution in [0.2, 0.25) is 0 Å². The summed E-state index contributed by atoms with van der Waals surface area (Å²) in [7, 11) is 0. The number of thioether (sulfide) groups is 1. The zero-order valence-electron chi connectivity index (χ0n) is 19.5. The maximum Gasteiger partial charge on any atom is 0.0337 e. The molecular formula is C32H31NS. The van der Waals surface area contributed by atoms with Crippen LogP contribution in [0.25, 0.3) is 21.5 Å². The Hall–Kier alpha value is -2.97. The molecule has 1 N–H and O–H groups in total. The van der Waals surface area contributed by atoms with E-state index in [1.165, 1.54) is 64.9 Å². The van der Waals surface area contributed by atoms with E-state index in [1.54, 1.807) is 11.1 Å². The average Bonchev–Trinajstić information content (AvgIpc) is 3.69. The van der Waals surface area contributed by atoms with Crippen molar-refractivity contribution >= 4 is 33.3 Å². The van der Waals surface area contributed by atoms with E-state index in [9.17, 15) is 0 Å². The average molecular weight is 462 g/mol. The summed E-state index contributed by atoms with van der Waals surface area (Å²) < 4.78 is 0. The predicted molar refractivity (Wildman–Crippen MR) is 149 cm³/mol. The molecule has 4 aromatic rings. The molecule has 1 heterocycles. The number of allylic oxidation sites excluding steroid dienone is 1. The molecule has 34 heavy (non-hydrogen) atoms. The van der Waals surface area contributed by atoms with E-state index in [1.807, 2.05) is 11.8 Å². The molecule has 0 amide bonds. The topological polar surface area (TPSA) is 12.0 Å². The van der Waals surface area contributed by atoms with Crippen molar-refractivity contribution in [1.82, 2.24) is 5.32 Å². The van der Waals surface area contributed by atoms with Gasteiger partial charge in [0.1, 0.15) is 0 Å². The first-order valence-electron chi connectivity index (χ1n) is 12.6. The Bertz CT molecular complexity index is 1370. The van der Waals surface area contributed by atoms with Crippen molar-refractivity contribution in [1.29, 1.82) is 0 Å². The molecule has 1 aliphatic heterocycles. The largest absolute Gasteiger partial charge is 0.382 e. The fourth-order valence-electron chi connectivity index (χ4n) is 5.47. The van der Waals surface area contributed by atoms with E-state index in [0.29, 0.717) is 12.0 Å². The molecule has 2 atom stereocenters. The van der Waals surface area contributed by atoms with E-state index in [2.05, 4.69) is 102 Å². The third-order valence-electron chi connectivity index (χ3n) is 7.37. The van der Waals surface area contributed by atoms with Gasteiger partial charge in [-0.3, -0.25) is 0 Å². The summed E-state index contributed by atoms with van der Waals surface area (Å²) >= 11 is 1.85. The highest BCUT2D eigenvalue weighted by Gasteiger charge is 2.38. The van der Waals surface area contributed by atoms with E-state index < -0.39 is 0 Å². The van der Waals surface area contributed by atoms with Crippen LogP contribution in [-0.2, 0) is 12.8 Å². The van der Waals surface area contributed by atoms with Gasteiger partial charge < -0.3 is 5.32 Å². The molecule has 4 aromatic carbocycles. The minimum absolute atomic E-state index is 0.640. The summed E-state index contributed by atoms with van der Waals surface area (Å²) in [5.74, 6) is 1.81. The Morgan fingerprint density at radius 3 is 2.44 bits per heavy atom. The lowest BCUT2D eigenvalue weighted by molar-refractivity contribution is 0.690. The molecule has 0 radical (unpaired) electrons. The summed E-state index contributed by atoms with van der Waals surface area (Å²) in [6, 6.07) is 29.4. The lowest BCUT2D eigenvalue weighted by Gasteiger charge is -2.18. The Labute approximate surface area is 207 Å². The number of hydrogen-bond acceptors (Lipinski definition) is 2. The van der Waals surface area contributed by atoms with Gasteiger partial charge in [0, 0.05) is 23.4 Å². The molecule has 0 bridgehead atoms. The SMILES string of the molecule is C1=CC(NC2CC2c2ccccc2)=CCS1.c1ccc2c(c1)ccc1c3c(ccc12)CCCC3. The highest BCUT2D eigenvalue weighted by Crippen LogP contribution is 2.41. The molecule has 0 aromatic heterocycles. The van der Waals surface area contributed by atoms with E-state index in [4.69, 9.17) is 0 Å². The maximum absolute atomic E-state index is 3.60. The van der Waals surface area contributed by atoms with Gasteiger partial charge in [-0.05, 0) is 81.8 Å². The van der Waals surface area contributed by atoms with Crippen molar-refractivity contribution in [2.75, 3.05) is 5.75 Å². The molecule has 170 valence electrons. The Morgan fingerprint density at radius 1 is 0.735 bits per heavy atom. The van der Waals surface area contributed by atoms with Crippen LogP contribution < -0.4 is 5.32 Å². The van der Waals surface area contributed by atoms with Crippen molar-refractivity contribution in [3.63, 3.8) is 0 Å². The minimum Gasteiger partial charge on any atom is -0.382 e. The Balaban J connectivity index is 0.000000129. The predicted octanol–water partition coefficient (Wildman–Crippen LogP) is 8.15. The summed E-state index contributed by atoms with van der Waals surface area (Å²) in [5, 5.41) is 11.4. The summed E-state index contributed by atoms with van der Waals surface area (Å²) in [6.07, 6.45) is 10.9. The minimum atomic E-state index is 0.640.